The molecule has 1 aliphatic carbocycles. The smallest absolute Gasteiger partial charge is 0.267 e. The van der Waals surface area contributed by atoms with Crippen LogP contribution in [-0.2, 0) is 4.79 Å². The van der Waals surface area contributed by atoms with Crippen molar-refractivity contribution in [2.75, 3.05) is 0 Å². The number of carbonyl (C=O) groups is 1. The Kier molecular flexibility index (Phi) is 6.18. The van der Waals surface area contributed by atoms with Crippen LogP contribution in [0.15, 0.2) is 52.5 Å². The maximum absolute atomic E-state index is 13.3. The fourth-order valence-corrected chi connectivity index (χ4v) is 4.74. The molecule has 0 saturated heterocycles. The largest absolute Gasteiger partial charge is 0.352 e. The molecule has 156 valence electrons. The Bertz CT molecular complexity index is 1120. The fourth-order valence-electron chi connectivity index (χ4n) is 3.81. The first kappa shape index (κ1) is 20.6. The summed E-state index contributed by atoms with van der Waals surface area (Å²) >= 11 is 1.30. The van der Waals surface area contributed by atoms with Crippen molar-refractivity contribution in [3.63, 3.8) is 0 Å². The molecule has 1 atom stereocenters. The molecule has 0 spiro atoms. The van der Waals surface area contributed by atoms with Crippen LogP contribution in [0.4, 0.5) is 0 Å². The lowest BCUT2D eigenvalue weighted by Crippen LogP contribution is -2.40. The van der Waals surface area contributed by atoms with E-state index in [1.807, 2.05) is 44.2 Å². The number of para-hydroxylation sites is 1. The molecule has 4 rings (SSSR count). The molecule has 1 saturated carbocycles. The first-order valence-corrected chi connectivity index (χ1v) is 11.3. The Morgan fingerprint density at radius 1 is 1.20 bits per heavy atom. The summed E-state index contributed by atoms with van der Waals surface area (Å²) in [6, 6.07) is 11.3. The number of nitrogens with zero attached hydrogens (tertiary/aromatic N) is 3. The first-order chi connectivity index (χ1) is 14.5. The van der Waals surface area contributed by atoms with Crippen molar-refractivity contribution in [1.29, 1.82) is 0 Å². The monoisotopic (exact) mass is 422 g/mol. The van der Waals surface area contributed by atoms with Gasteiger partial charge in [0.2, 0.25) is 5.91 Å². The predicted molar refractivity (Wildman–Crippen MR) is 120 cm³/mol. The first-order valence-electron chi connectivity index (χ1n) is 10.4. The van der Waals surface area contributed by atoms with Crippen molar-refractivity contribution in [2.24, 2.45) is 0 Å². The van der Waals surface area contributed by atoms with E-state index in [4.69, 9.17) is 4.98 Å². The normalized spacial score (nSPS) is 15.8. The van der Waals surface area contributed by atoms with E-state index in [1.54, 1.807) is 12.3 Å². The highest BCUT2D eigenvalue weighted by Crippen LogP contribution is 2.25. The molecule has 0 bridgehead atoms. The van der Waals surface area contributed by atoms with Gasteiger partial charge in [-0.1, -0.05) is 43.2 Å². The highest BCUT2D eigenvalue weighted by molar-refractivity contribution is 8.00. The standard InChI is InChI=1S/C23H26N4O2S/c1-15-12-13-24-20(14-15)27-22(29)18-10-6-7-11-19(18)26-23(27)30-16(2)21(28)25-17-8-4-3-5-9-17/h6-7,10-14,16-17H,3-5,8-9H2,1-2H3,(H,25,28). The molecule has 2 heterocycles. The molecule has 1 aromatic carbocycles. The van der Waals surface area contributed by atoms with Crippen molar-refractivity contribution in [3.05, 3.63) is 58.5 Å². The van der Waals surface area contributed by atoms with Gasteiger partial charge in [0, 0.05) is 12.2 Å². The van der Waals surface area contributed by atoms with Crippen molar-refractivity contribution in [3.8, 4) is 5.82 Å². The number of nitrogens with one attached hydrogen (secondary N) is 1. The van der Waals surface area contributed by atoms with Gasteiger partial charge in [-0.05, 0) is 56.5 Å². The second-order valence-electron chi connectivity index (χ2n) is 7.85. The van der Waals surface area contributed by atoms with Crippen LogP contribution in [0.2, 0.25) is 0 Å². The van der Waals surface area contributed by atoms with Gasteiger partial charge in [0.05, 0.1) is 16.2 Å². The minimum atomic E-state index is -0.379. The number of pyridine rings is 1. The lowest BCUT2D eigenvalue weighted by Gasteiger charge is -2.24. The number of hydrogen-bond acceptors (Lipinski definition) is 5. The van der Waals surface area contributed by atoms with Crippen molar-refractivity contribution < 1.29 is 4.79 Å². The third kappa shape index (κ3) is 4.41. The van der Waals surface area contributed by atoms with Crippen LogP contribution in [0.25, 0.3) is 16.7 Å². The van der Waals surface area contributed by atoms with Crippen molar-refractivity contribution in [2.45, 2.75) is 62.4 Å². The molecular formula is C23H26N4O2S. The number of thioether (sulfide) groups is 1. The number of aryl methyl sites for hydroxylation is 1. The van der Waals surface area contributed by atoms with Gasteiger partial charge in [-0.2, -0.15) is 0 Å². The Morgan fingerprint density at radius 3 is 2.73 bits per heavy atom. The second kappa shape index (κ2) is 9.00. The maximum Gasteiger partial charge on any atom is 0.267 e. The number of rotatable bonds is 5. The minimum Gasteiger partial charge on any atom is -0.352 e. The molecule has 30 heavy (non-hydrogen) atoms. The van der Waals surface area contributed by atoms with E-state index in [1.165, 1.54) is 22.7 Å². The van der Waals surface area contributed by atoms with E-state index in [-0.39, 0.29) is 22.8 Å². The molecular weight excluding hydrogens is 396 g/mol. The van der Waals surface area contributed by atoms with Gasteiger partial charge in [-0.15, -0.1) is 0 Å². The molecule has 1 fully saturated rings. The van der Waals surface area contributed by atoms with Crippen molar-refractivity contribution in [1.82, 2.24) is 19.9 Å². The lowest BCUT2D eigenvalue weighted by atomic mass is 9.95. The van der Waals surface area contributed by atoms with Gasteiger partial charge in [0.25, 0.3) is 5.56 Å². The molecule has 1 unspecified atom stereocenters. The zero-order valence-corrected chi connectivity index (χ0v) is 18.1. The van der Waals surface area contributed by atoms with E-state index in [2.05, 4.69) is 10.3 Å². The summed E-state index contributed by atoms with van der Waals surface area (Å²) in [6.45, 7) is 3.82. The van der Waals surface area contributed by atoms with Crippen LogP contribution < -0.4 is 10.9 Å². The molecule has 1 N–H and O–H groups in total. The van der Waals surface area contributed by atoms with Crippen molar-refractivity contribution >= 4 is 28.6 Å². The molecule has 3 aromatic rings. The lowest BCUT2D eigenvalue weighted by molar-refractivity contribution is -0.121. The van der Waals surface area contributed by atoms with Crippen LogP contribution in [-0.4, -0.2) is 31.7 Å². The topological polar surface area (TPSA) is 76.9 Å². The highest BCUT2D eigenvalue weighted by Gasteiger charge is 2.23. The summed E-state index contributed by atoms with van der Waals surface area (Å²) in [6.07, 6.45) is 7.33. The molecule has 0 radical (unpaired) electrons. The second-order valence-corrected chi connectivity index (χ2v) is 9.16. The average Bonchev–Trinajstić information content (AvgIpc) is 2.74. The zero-order chi connectivity index (χ0) is 21.1. The molecule has 7 heteroatoms. The Labute approximate surface area is 180 Å². The molecule has 6 nitrogen and oxygen atoms in total. The minimum absolute atomic E-state index is 0.0157. The van der Waals surface area contributed by atoms with Gasteiger partial charge in [-0.3, -0.25) is 9.59 Å². The van der Waals surface area contributed by atoms with Gasteiger partial charge in [0.15, 0.2) is 5.16 Å². The Hall–Kier alpha value is -2.67. The van der Waals surface area contributed by atoms with Gasteiger partial charge in [0.1, 0.15) is 5.82 Å². The predicted octanol–water partition coefficient (Wildman–Crippen LogP) is 4.02. The van der Waals surface area contributed by atoms with E-state index in [0.717, 1.165) is 31.2 Å². The van der Waals surface area contributed by atoms with E-state index in [9.17, 15) is 9.59 Å². The van der Waals surface area contributed by atoms with Gasteiger partial charge < -0.3 is 5.32 Å². The van der Waals surface area contributed by atoms with Gasteiger partial charge in [-0.25, -0.2) is 14.5 Å². The SMILES string of the molecule is Cc1ccnc(-n2c(SC(C)C(=O)NC3CCCCC3)nc3ccccc3c2=O)c1. The summed E-state index contributed by atoms with van der Waals surface area (Å²) in [5.41, 5.74) is 1.44. The van der Waals surface area contributed by atoms with Crippen LogP contribution in [0, 0.1) is 6.92 Å². The zero-order valence-electron chi connectivity index (χ0n) is 17.3. The number of hydrogen-bond donors (Lipinski definition) is 1. The average molecular weight is 423 g/mol. The number of carbonyl (C=O) groups excluding carboxylic acids is 1. The molecule has 1 amide bonds. The summed E-state index contributed by atoms with van der Waals surface area (Å²) in [5, 5.41) is 3.80. The number of fused-ring (bicyclic) bond motifs is 1. The highest BCUT2D eigenvalue weighted by atomic mass is 32.2. The fraction of sp³-hybridized carbons (Fsp3) is 0.391. The van der Waals surface area contributed by atoms with Gasteiger partial charge >= 0.3 is 0 Å². The van der Waals surface area contributed by atoms with E-state index >= 15 is 0 Å². The molecule has 2 aromatic heterocycles. The summed E-state index contributed by atoms with van der Waals surface area (Å²) in [5.74, 6) is 0.499. The van der Waals surface area contributed by atoms with E-state index in [0.29, 0.717) is 21.9 Å². The summed E-state index contributed by atoms with van der Waals surface area (Å²) in [4.78, 5) is 35.2. The number of benzene rings is 1. The van der Waals surface area contributed by atoms with Crippen LogP contribution in [0.3, 0.4) is 0 Å². The summed E-state index contributed by atoms with van der Waals surface area (Å²) in [7, 11) is 0. The third-order valence-corrected chi connectivity index (χ3v) is 6.53. The van der Waals surface area contributed by atoms with E-state index < -0.39 is 0 Å². The Balaban J connectivity index is 1.69. The summed E-state index contributed by atoms with van der Waals surface area (Å²) < 4.78 is 1.52. The molecule has 0 aliphatic heterocycles. The maximum atomic E-state index is 13.3. The third-order valence-electron chi connectivity index (χ3n) is 5.48. The number of aromatic nitrogens is 3. The van der Waals surface area contributed by atoms with Crippen LogP contribution in [0.5, 0.6) is 0 Å². The number of amides is 1. The quantitative estimate of drug-likeness (QED) is 0.496. The van der Waals surface area contributed by atoms with Crippen LogP contribution in [0.1, 0.15) is 44.6 Å². The molecule has 1 aliphatic rings. The van der Waals surface area contributed by atoms with Crippen LogP contribution >= 0.6 is 11.8 Å². The Morgan fingerprint density at radius 2 is 1.97 bits per heavy atom.